The van der Waals surface area contributed by atoms with Gasteiger partial charge in [-0.3, -0.25) is 9.59 Å². The summed E-state index contributed by atoms with van der Waals surface area (Å²) < 4.78 is 11.0. The van der Waals surface area contributed by atoms with Crippen LogP contribution in [0.3, 0.4) is 0 Å². The van der Waals surface area contributed by atoms with Gasteiger partial charge in [0.05, 0.1) is 11.7 Å². The molecule has 1 atom stereocenters. The molecule has 0 radical (unpaired) electrons. The number of carbonyl (C=O) groups excluding carboxylic acids is 2. The van der Waals surface area contributed by atoms with Gasteiger partial charge in [-0.1, -0.05) is 18.2 Å². The number of hydrogen-bond acceptors (Lipinski definition) is 5. The summed E-state index contributed by atoms with van der Waals surface area (Å²) in [7, 11) is 0. The maximum absolute atomic E-state index is 12.7. The van der Waals surface area contributed by atoms with Crippen LogP contribution >= 0.6 is 0 Å². The summed E-state index contributed by atoms with van der Waals surface area (Å²) in [6, 6.07) is 14.0. The minimum Gasteiger partial charge on any atom is -0.486 e. The molecule has 31 heavy (non-hydrogen) atoms. The zero-order chi connectivity index (χ0) is 21.4. The second-order valence-corrected chi connectivity index (χ2v) is 7.33. The number of pyridine rings is 1. The van der Waals surface area contributed by atoms with Gasteiger partial charge in [-0.15, -0.1) is 0 Å². The molecule has 0 aliphatic carbocycles. The first kappa shape index (κ1) is 18.9. The van der Waals surface area contributed by atoms with Crippen LogP contribution in [0.2, 0.25) is 0 Å². The van der Waals surface area contributed by atoms with Crippen LogP contribution in [0.4, 0.5) is 5.69 Å². The Hall–Kier alpha value is -4.07. The van der Waals surface area contributed by atoms with E-state index in [-0.39, 0.29) is 11.6 Å². The summed E-state index contributed by atoms with van der Waals surface area (Å²) in [6.45, 7) is 2.58. The fraction of sp³-hybridized carbons (Fsp3) is 0.174. The van der Waals surface area contributed by atoms with Crippen LogP contribution in [0.1, 0.15) is 17.4 Å². The standard InChI is InChI=1S/C23H20N4O4/c1-13(22(28)26-14-6-7-20-21(10-14)31-9-8-30-20)25-23(29)18-11-16-15-4-2-3-5-17(15)27-19(16)12-24-18/h2-7,10-13,27H,8-9H2,1H3,(H,25,29)(H,26,28). The summed E-state index contributed by atoms with van der Waals surface area (Å²) in [5.41, 5.74) is 2.64. The SMILES string of the molecule is CC(NC(=O)c1cc2c(cn1)[nH]c1ccccc12)C(=O)Nc1ccc2c(c1)OCCO2. The van der Waals surface area contributed by atoms with E-state index in [1.54, 1.807) is 37.4 Å². The van der Waals surface area contributed by atoms with E-state index in [0.29, 0.717) is 30.4 Å². The molecule has 1 aliphatic heterocycles. The van der Waals surface area contributed by atoms with Crippen molar-refractivity contribution >= 4 is 39.3 Å². The van der Waals surface area contributed by atoms with E-state index in [1.807, 2.05) is 24.3 Å². The lowest BCUT2D eigenvalue weighted by molar-refractivity contribution is -0.117. The molecule has 5 rings (SSSR count). The van der Waals surface area contributed by atoms with Gasteiger partial charge >= 0.3 is 0 Å². The van der Waals surface area contributed by atoms with Crippen molar-refractivity contribution in [3.8, 4) is 11.5 Å². The van der Waals surface area contributed by atoms with Crippen molar-refractivity contribution in [2.75, 3.05) is 18.5 Å². The summed E-state index contributed by atoms with van der Waals surface area (Å²) in [5, 5.41) is 7.41. The average Bonchev–Trinajstić information content (AvgIpc) is 3.17. The summed E-state index contributed by atoms with van der Waals surface area (Å²) in [5.74, 6) is 0.455. The molecule has 3 N–H and O–H groups in total. The molecule has 0 bridgehead atoms. The van der Waals surface area contributed by atoms with Crippen molar-refractivity contribution < 1.29 is 19.1 Å². The Morgan fingerprint density at radius 1 is 1.00 bits per heavy atom. The molecule has 3 heterocycles. The largest absolute Gasteiger partial charge is 0.486 e. The van der Waals surface area contributed by atoms with Crippen LogP contribution in [0.5, 0.6) is 11.5 Å². The first-order valence-electron chi connectivity index (χ1n) is 9.96. The van der Waals surface area contributed by atoms with E-state index < -0.39 is 11.9 Å². The fourth-order valence-corrected chi connectivity index (χ4v) is 3.58. The third-order valence-corrected chi connectivity index (χ3v) is 5.17. The molecule has 4 aromatic rings. The zero-order valence-electron chi connectivity index (χ0n) is 16.8. The molecule has 0 saturated carbocycles. The number of nitrogens with zero attached hydrogens (tertiary/aromatic N) is 1. The number of fused-ring (bicyclic) bond motifs is 4. The molecule has 156 valence electrons. The number of aromatic nitrogens is 2. The third-order valence-electron chi connectivity index (χ3n) is 5.17. The van der Waals surface area contributed by atoms with Crippen molar-refractivity contribution in [3.05, 3.63) is 60.4 Å². The molecule has 2 aromatic heterocycles. The number of ether oxygens (including phenoxy) is 2. The molecule has 0 fully saturated rings. The second-order valence-electron chi connectivity index (χ2n) is 7.33. The number of carbonyl (C=O) groups is 2. The van der Waals surface area contributed by atoms with Crippen molar-refractivity contribution in [3.63, 3.8) is 0 Å². The second kappa shape index (κ2) is 7.64. The molecule has 2 amide bonds. The monoisotopic (exact) mass is 416 g/mol. The van der Waals surface area contributed by atoms with Gasteiger partial charge in [0, 0.05) is 28.0 Å². The highest BCUT2D eigenvalue weighted by Gasteiger charge is 2.19. The van der Waals surface area contributed by atoms with E-state index in [1.165, 1.54) is 0 Å². The van der Waals surface area contributed by atoms with E-state index >= 15 is 0 Å². The molecule has 1 aliphatic rings. The Balaban J connectivity index is 1.29. The van der Waals surface area contributed by atoms with E-state index in [0.717, 1.165) is 21.8 Å². The first-order valence-corrected chi connectivity index (χ1v) is 9.96. The summed E-state index contributed by atoms with van der Waals surface area (Å²) in [4.78, 5) is 32.8. The minimum absolute atomic E-state index is 0.247. The minimum atomic E-state index is -0.763. The molecule has 0 spiro atoms. The van der Waals surface area contributed by atoms with Crippen LogP contribution in [0.25, 0.3) is 21.8 Å². The van der Waals surface area contributed by atoms with Gasteiger partial charge in [0.15, 0.2) is 11.5 Å². The highest BCUT2D eigenvalue weighted by atomic mass is 16.6. The summed E-state index contributed by atoms with van der Waals surface area (Å²) in [6.07, 6.45) is 1.63. The fourth-order valence-electron chi connectivity index (χ4n) is 3.58. The third kappa shape index (κ3) is 3.63. The number of hydrogen-bond donors (Lipinski definition) is 3. The van der Waals surface area contributed by atoms with Gasteiger partial charge in [-0.25, -0.2) is 4.98 Å². The lowest BCUT2D eigenvalue weighted by Gasteiger charge is -2.19. The molecule has 8 nitrogen and oxygen atoms in total. The van der Waals surface area contributed by atoms with Gasteiger partial charge in [0.1, 0.15) is 24.9 Å². The quantitative estimate of drug-likeness (QED) is 0.474. The predicted octanol–water partition coefficient (Wildman–Crippen LogP) is 3.24. The maximum Gasteiger partial charge on any atom is 0.270 e. The number of para-hydroxylation sites is 1. The Morgan fingerprint density at radius 3 is 2.68 bits per heavy atom. The Labute approximate surface area is 177 Å². The summed E-state index contributed by atoms with van der Waals surface area (Å²) >= 11 is 0. The number of rotatable bonds is 4. The average molecular weight is 416 g/mol. The molecular weight excluding hydrogens is 396 g/mol. The molecule has 8 heteroatoms. The van der Waals surface area contributed by atoms with Crippen LogP contribution in [-0.4, -0.2) is 41.0 Å². The predicted molar refractivity (Wildman–Crippen MR) is 117 cm³/mol. The van der Waals surface area contributed by atoms with Crippen LogP contribution in [-0.2, 0) is 4.79 Å². The highest BCUT2D eigenvalue weighted by molar-refractivity contribution is 6.09. The molecule has 2 aromatic carbocycles. The Morgan fingerprint density at radius 2 is 1.81 bits per heavy atom. The van der Waals surface area contributed by atoms with E-state index in [9.17, 15) is 9.59 Å². The maximum atomic E-state index is 12.7. The zero-order valence-corrected chi connectivity index (χ0v) is 16.8. The molecule has 1 unspecified atom stereocenters. The van der Waals surface area contributed by atoms with Crippen molar-refractivity contribution in [1.82, 2.24) is 15.3 Å². The van der Waals surface area contributed by atoms with Crippen LogP contribution < -0.4 is 20.1 Å². The lowest BCUT2D eigenvalue weighted by Crippen LogP contribution is -2.41. The Kier molecular flexibility index (Phi) is 4.66. The first-order chi connectivity index (χ1) is 15.1. The Bertz CT molecular complexity index is 1310. The number of H-pyrrole nitrogens is 1. The molecule has 0 saturated heterocycles. The highest BCUT2D eigenvalue weighted by Crippen LogP contribution is 2.32. The number of benzene rings is 2. The molecular formula is C23H20N4O4. The number of nitrogens with one attached hydrogen (secondary N) is 3. The van der Waals surface area contributed by atoms with E-state index in [4.69, 9.17) is 9.47 Å². The lowest BCUT2D eigenvalue weighted by atomic mass is 10.1. The van der Waals surface area contributed by atoms with E-state index in [2.05, 4.69) is 20.6 Å². The topological polar surface area (TPSA) is 105 Å². The van der Waals surface area contributed by atoms with Gasteiger partial charge in [-0.05, 0) is 31.2 Å². The number of amides is 2. The van der Waals surface area contributed by atoms with Gasteiger partial charge in [0.2, 0.25) is 5.91 Å². The van der Waals surface area contributed by atoms with Crippen molar-refractivity contribution in [2.24, 2.45) is 0 Å². The number of anilines is 1. The van der Waals surface area contributed by atoms with Crippen molar-refractivity contribution in [1.29, 1.82) is 0 Å². The van der Waals surface area contributed by atoms with Gasteiger partial charge in [0.25, 0.3) is 5.91 Å². The van der Waals surface area contributed by atoms with Gasteiger partial charge < -0.3 is 25.1 Å². The normalized spacial score (nSPS) is 13.7. The van der Waals surface area contributed by atoms with Gasteiger partial charge in [-0.2, -0.15) is 0 Å². The number of aromatic amines is 1. The smallest absolute Gasteiger partial charge is 0.270 e. The van der Waals surface area contributed by atoms with Crippen molar-refractivity contribution in [2.45, 2.75) is 13.0 Å². The van der Waals surface area contributed by atoms with Crippen LogP contribution in [0.15, 0.2) is 54.7 Å². The van der Waals surface area contributed by atoms with Crippen LogP contribution in [0, 0.1) is 0 Å².